The fourth-order valence-electron chi connectivity index (χ4n) is 3.36. The van der Waals surface area contributed by atoms with Crippen LogP contribution in [0.4, 0.5) is 10.6 Å². The summed E-state index contributed by atoms with van der Waals surface area (Å²) in [5.74, 6) is 1.78. The summed E-state index contributed by atoms with van der Waals surface area (Å²) in [4.78, 5) is 20.9. The highest BCUT2D eigenvalue weighted by Crippen LogP contribution is 2.17. The highest BCUT2D eigenvalue weighted by molar-refractivity contribution is 5.73. The normalized spacial score (nSPS) is 14.7. The molecule has 7 nitrogen and oxygen atoms in total. The fourth-order valence-corrected chi connectivity index (χ4v) is 3.36. The standard InChI is InChI=1S/C20H29N5O2/c1-15-18(16(2)27-23-15)14-24(3)20(26)22-13-17-8-9-19(21-12-17)25-10-6-4-5-7-11-25/h8-9,12H,4-7,10-11,13-14H2,1-3H3,(H,22,26). The summed E-state index contributed by atoms with van der Waals surface area (Å²) in [5.41, 5.74) is 2.77. The molecule has 3 rings (SSSR count). The summed E-state index contributed by atoms with van der Waals surface area (Å²) >= 11 is 0. The van der Waals surface area contributed by atoms with Crippen LogP contribution in [0.3, 0.4) is 0 Å². The van der Waals surface area contributed by atoms with E-state index in [4.69, 9.17) is 4.52 Å². The second-order valence-corrected chi connectivity index (χ2v) is 7.24. The molecule has 0 bridgehead atoms. The Morgan fingerprint density at radius 2 is 1.96 bits per heavy atom. The van der Waals surface area contributed by atoms with Crippen molar-refractivity contribution >= 4 is 11.8 Å². The van der Waals surface area contributed by atoms with E-state index in [1.54, 1.807) is 11.9 Å². The molecule has 0 unspecified atom stereocenters. The Labute approximate surface area is 160 Å². The Bertz CT molecular complexity index is 729. The number of urea groups is 1. The molecule has 1 aliphatic rings. The number of hydrogen-bond donors (Lipinski definition) is 1. The first kappa shape index (κ1) is 19.2. The Hall–Kier alpha value is -2.57. The smallest absolute Gasteiger partial charge is 0.317 e. The third kappa shape index (κ3) is 4.99. The minimum absolute atomic E-state index is 0.133. The molecule has 1 aliphatic heterocycles. The molecule has 0 spiro atoms. The van der Waals surface area contributed by atoms with Crippen LogP contribution >= 0.6 is 0 Å². The molecule has 7 heteroatoms. The van der Waals surface area contributed by atoms with Crippen LogP contribution in [0.25, 0.3) is 0 Å². The summed E-state index contributed by atoms with van der Waals surface area (Å²) < 4.78 is 5.15. The van der Waals surface area contributed by atoms with E-state index in [-0.39, 0.29) is 6.03 Å². The first-order chi connectivity index (χ1) is 13.0. The summed E-state index contributed by atoms with van der Waals surface area (Å²) in [6.45, 7) is 6.83. The van der Waals surface area contributed by atoms with Gasteiger partial charge in [-0.3, -0.25) is 0 Å². The van der Waals surface area contributed by atoms with Crippen molar-refractivity contribution in [3.63, 3.8) is 0 Å². The number of nitrogens with one attached hydrogen (secondary N) is 1. The van der Waals surface area contributed by atoms with Gasteiger partial charge < -0.3 is 19.6 Å². The molecule has 0 radical (unpaired) electrons. The van der Waals surface area contributed by atoms with Crippen molar-refractivity contribution in [3.8, 4) is 0 Å². The van der Waals surface area contributed by atoms with Gasteiger partial charge in [0.25, 0.3) is 0 Å². The third-order valence-electron chi connectivity index (χ3n) is 5.11. The number of nitrogens with zero attached hydrogens (tertiary/aromatic N) is 4. The second-order valence-electron chi connectivity index (χ2n) is 7.24. The number of aryl methyl sites for hydroxylation is 2. The highest BCUT2D eigenvalue weighted by atomic mass is 16.5. The lowest BCUT2D eigenvalue weighted by Crippen LogP contribution is -2.36. The van der Waals surface area contributed by atoms with Crippen LogP contribution in [-0.4, -0.2) is 41.2 Å². The zero-order chi connectivity index (χ0) is 19.2. The number of carbonyl (C=O) groups excluding carboxylic acids is 1. The van der Waals surface area contributed by atoms with Crippen molar-refractivity contribution in [3.05, 3.63) is 40.9 Å². The van der Waals surface area contributed by atoms with Crippen molar-refractivity contribution in [2.24, 2.45) is 0 Å². The maximum absolute atomic E-state index is 12.4. The van der Waals surface area contributed by atoms with Gasteiger partial charge in [-0.2, -0.15) is 0 Å². The van der Waals surface area contributed by atoms with Gasteiger partial charge in [-0.1, -0.05) is 24.1 Å². The molecule has 0 atom stereocenters. The number of rotatable bonds is 5. The minimum Gasteiger partial charge on any atom is -0.361 e. The summed E-state index contributed by atoms with van der Waals surface area (Å²) in [6, 6.07) is 3.97. The van der Waals surface area contributed by atoms with Crippen molar-refractivity contribution in [1.82, 2.24) is 20.4 Å². The lowest BCUT2D eigenvalue weighted by atomic mass is 10.2. The first-order valence-electron chi connectivity index (χ1n) is 9.65. The zero-order valence-electron chi connectivity index (χ0n) is 16.5. The van der Waals surface area contributed by atoms with E-state index < -0.39 is 0 Å². The van der Waals surface area contributed by atoms with Crippen molar-refractivity contribution in [2.45, 2.75) is 52.6 Å². The van der Waals surface area contributed by atoms with E-state index in [1.165, 1.54) is 25.7 Å². The Morgan fingerprint density at radius 3 is 2.56 bits per heavy atom. The molecule has 1 fully saturated rings. The molecule has 0 saturated carbocycles. The Balaban J connectivity index is 1.51. The van der Waals surface area contributed by atoms with Crippen LogP contribution in [0.5, 0.6) is 0 Å². The molecule has 1 N–H and O–H groups in total. The molecule has 2 aromatic heterocycles. The number of carbonyl (C=O) groups is 1. The summed E-state index contributed by atoms with van der Waals surface area (Å²) in [5, 5.41) is 6.87. The number of pyridine rings is 1. The predicted molar refractivity (Wildman–Crippen MR) is 105 cm³/mol. The Kier molecular flexibility index (Phi) is 6.32. The van der Waals surface area contributed by atoms with Crippen molar-refractivity contribution in [1.29, 1.82) is 0 Å². The largest absolute Gasteiger partial charge is 0.361 e. The molecule has 1 saturated heterocycles. The average Bonchev–Trinajstić information content (AvgIpc) is 2.88. The predicted octanol–water partition coefficient (Wildman–Crippen LogP) is 3.41. The molecule has 0 aliphatic carbocycles. The van der Waals surface area contributed by atoms with Crippen LogP contribution in [0, 0.1) is 13.8 Å². The van der Waals surface area contributed by atoms with Gasteiger partial charge >= 0.3 is 6.03 Å². The van der Waals surface area contributed by atoms with E-state index in [0.717, 1.165) is 41.5 Å². The number of aromatic nitrogens is 2. The molecular formula is C20H29N5O2. The van der Waals surface area contributed by atoms with Crippen LogP contribution in [0.2, 0.25) is 0 Å². The van der Waals surface area contributed by atoms with Gasteiger partial charge in [0.2, 0.25) is 0 Å². The molecule has 2 aromatic rings. The maximum atomic E-state index is 12.4. The fraction of sp³-hybridized carbons (Fsp3) is 0.550. The van der Waals surface area contributed by atoms with Crippen LogP contribution < -0.4 is 10.2 Å². The van der Waals surface area contributed by atoms with E-state index in [0.29, 0.717) is 13.1 Å². The molecular weight excluding hydrogens is 342 g/mol. The molecule has 146 valence electrons. The zero-order valence-corrected chi connectivity index (χ0v) is 16.5. The SMILES string of the molecule is Cc1noc(C)c1CN(C)C(=O)NCc1ccc(N2CCCCCC2)nc1. The number of hydrogen-bond acceptors (Lipinski definition) is 5. The van der Waals surface area contributed by atoms with Gasteiger partial charge in [-0.15, -0.1) is 0 Å². The van der Waals surface area contributed by atoms with Gasteiger partial charge in [-0.25, -0.2) is 9.78 Å². The van der Waals surface area contributed by atoms with Crippen LogP contribution in [-0.2, 0) is 13.1 Å². The summed E-state index contributed by atoms with van der Waals surface area (Å²) in [6.07, 6.45) is 6.94. The van der Waals surface area contributed by atoms with Gasteiger partial charge in [0.1, 0.15) is 11.6 Å². The molecule has 2 amide bonds. The molecule has 3 heterocycles. The quantitative estimate of drug-likeness (QED) is 0.872. The Morgan fingerprint density at radius 1 is 1.22 bits per heavy atom. The van der Waals surface area contributed by atoms with Crippen LogP contribution in [0.15, 0.2) is 22.9 Å². The monoisotopic (exact) mass is 371 g/mol. The number of amides is 2. The first-order valence-corrected chi connectivity index (χ1v) is 9.65. The molecule has 27 heavy (non-hydrogen) atoms. The van der Waals surface area contributed by atoms with Gasteiger partial charge in [0, 0.05) is 38.4 Å². The lowest BCUT2D eigenvalue weighted by Gasteiger charge is -2.21. The molecule has 0 aromatic carbocycles. The van der Waals surface area contributed by atoms with E-state index in [9.17, 15) is 4.79 Å². The average molecular weight is 371 g/mol. The number of anilines is 1. The third-order valence-corrected chi connectivity index (χ3v) is 5.11. The second kappa shape index (κ2) is 8.88. The highest BCUT2D eigenvalue weighted by Gasteiger charge is 2.15. The van der Waals surface area contributed by atoms with Crippen molar-refractivity contribution < 1.29 is 9.32 Å². The van der Waals surface area contributed by atoms with E-state index in [2.05, 4.69) is 26.4 Å². The van der Waals surface area contributed by atoms with Crippen molar-refractivity contribution in [2.75, 3.05) is 25.0 Å². The van der Waals surface area contributed by atoms with E-state index in [1.807, 2.05) is 26.1 Å². The minimum atomic E-state index is -0.133. The van der Waals surface area contributed by atoms with Gasteiger partial charge in [0.15, 0.2) is 0 Å². The van der Waals surface area contributed by atoms with Crippen LogP contribution in [0.1, 0.15) is 48.3 Å². The topological polar surface area (TPSA) is 74.5 Å². The van der Waals surface area contributed by atoms with Gasteiger partial charge in [-0.05, 0) is 38.3 Å². The van der Waals surface area contributed by atoms with Gasteiger partial charge in [0.05, 0.1) is 12.2 Å². The summed E-state index contributed by atoms with van der Waals surface area (Å²) in [7, 11) is 1.77. The van der Waals surface area contributed by atoms with E-state index >= 15 is 0 Å². The lowest BCUT2D eigenvalue weighted by molar-refractivity contribution is 0.206. The maximum Gasteiger partial charge on any atom is 0.317 e.